The summed E-state index contributed by atoms with van der Waals surface area (Å²) in [6.45, 7) is 0.641. The van der Waals surface area contributed by atoms with Crippen LogP contribution in [0.5, 0.6) is 23.0 Å². The Labute approximate surface area is 183 Å². The first-order valence-corrected chi connectivity index (χ1v) is 10.5. The maximum Gasteiger partial charge on any atom is 0.231 e. The summed E-state index contributed by atoms with van der Waals surface area (Å²) in [4.78, 5) is 12.2. The van der Waals surface area contributed by atoms with E-state index in [0.717, 1.165) is 16.9 Å². The number of benzene rings is 2. The highest BCUT2D eigenvalue weighted by atomic mass is 32.2. The lowest BCUT2D eigenvalue weighted by atomic mass is 10.1. The van der Waals surface area contributed by atoms with Crippen molar-refractivity contribution in [2.24, 2.45) is 0 Å². The Hall–Kier alpha value is -3.46. The molecule has 9 heteroatoms. The molecule has 1 aliphatic heterocycles. The molecule has 0 atom stereocenters. The van der Waals surface area contributed by atoms with Crippen LogP contribution in [0.3, 0.4) is 0 Å². The summed E-state index contributed by atoms with van der Waals surface area (Å²) in [5.74, 6) is 2.95. The molecule has 1 amide bonds. The maximum absolute atomic E-state index is 12.2. The molecule has 31 heavy (non-hydrogen) atoms. The average molecular weight is 439 g/mol. The first-order chi connectivity index (χ1) is 15.2. The van der Waals surface area contributed by atoms with Gasteiger partial charge in [0.25, 0.3) is 0 Å². The largest absolute Gasteiger partial charge is 0.497 e. The molecular weight excluding hydrogens is 418 g/mol. The molecule has 0 saturated carbocycles. The summed E-state index contributed by atoms with van der Waals surface area (Å²) >= 11 is 1.32. The number of hydrogen-bond donors (Lipinski definition) is 1. The van der Waals surface area contributed by atoms with Gasteiger partial charge in [-0.05, 0) is 48.0 Å². The van der Waals surface area contributed by atoms with Gasteiger partial charge in [-0.1, -0.05) is 17.8 Å². The second-order valence-electron chi connectivity index (χ2n) is 6.58. The number of amides is 1. The van der Waals surface area contributed by atoms with Gasteiger partial charge in [0.05, 0.1) is 25.7 Å². The Morgan fingerprint density at radius 2 is 1.90 bits per heavy atom. The third-order valence-corrected chi connectivity index (χ3v) is 5.52. The number of ether oxygens (including phenoxy) is 4. The van der Waals surface area contributed by atoms with E-state index in [0.29, 0.717) is 34.5 Å². The topological polar surface area (TPSA) is 91.8 Å². The molecule has 1 N–H and O–H groups in total. The van der Waals surface area contributed by atoms with E-state index >= 15 is 0 Å². The van der Waals surface area contributed by atoms with Gasteiger partial charge in [-0.25, -0.2) is 0 Å². The number of fused-ring (bicyclic) bond motifs is 1. The number of rotatable bonds is 8. The highest BCUT2D eigenvalue weighted by Crippen LogP contribution is 2.33. The van der Waals surface area contributed by atoms with Crippen LogP contribution in [-0.2, 0) is 11.3 Å². The Morgan fingerprint density at radius 1 is 1.03 bits per heavy atom. The van der Waals surface area contributed by atoms with Crippen LogP contribution in [0.15, 0.2) is 53.6 Å². The monoisotopic (exact) mass is 439 g/mol. The van der Waals surface area contributed by atoms with Gasteiger partial charge in [-0.3, -0.25) is 4.79 Å². The van der Waals surface area contributed by atoms with Gasteiger partial charge < -0.3 is 24.3 Å². The smallest absolute Gasteiger partial charge is 0.231 e. The van der Waals surface area contributed by atoms with Crippen molar-refractivity contribution in [3.63, 3.8) is 0 Å². The molecule has 0 fully saturated rings. The van der Waals surface area contributed by atoms with Crippen molar-refractivity contribution < 1.29 is 23.7 Å². The summed E-state index contributed by atoms with van der Waals surface area (Å²) in [7, 11) is 3.21. The van der Waals surface area contributed by atoms with Crippen LogP contribution >= 0.6 is 11.8 Å². The number of methoxy groups -OCH3 is 2. The maximum atomic E-state index is 12.2. The van der Waals surface area contributed by atoms with Crippen molar-refractivity contribution in [3.8, 4) is 34.3 Å². The fraction of sp³-hybridized carbons (Fsp3) is 0.227. The van der Waals surface area contributed by atoms with Gasteiger partial charge in [-0.2, -0.15) is 0 Å². The van der Waals surface area contributed by atoms with Crippen LogP contribution < -0.4 is 24.3 Å². The summed E-state index contributed by atoms with van der Waals surface area (Å²) in [5, 5.41) is 12.0. The van der Waals surface area contributed by atoms with Gasteiger partial charge in [-0.15, -0.1) is 10.2 Å². The zero-order valence-electron chi connectivity index (χ0n) is 17.1. The van der Waals surface area contributed by atoms with Gasteiger partial charge in [0.2, 0.25) is 12.7 Å². The standard InChI is InChI=1S/C22H21N3O5S/c1-27-15-4-7-18(28-2)16(10-15)17-5-8-22(25-24-17)31-12-21(26)23-11-14-3-6-19-20(9-14)30-13-29-19/h3-10H,11-13H2,1-2H3,(H,23,26). The van der Waals surface area contributed by atoms with Crippen LogP contribution in [0.4, 0.5) is 0 Å². The lowest BCUT2D eigenvalue weighted by molar-refractivity contribution is -0.118. The highest BCUT2D eigenvalue weighted by molar-refractivity contribution is 7.99. The normalized spacial score (nSPS) is 11.8. The molecule has 3 aromatic rings. The lowest BCUT2D eigenvalue weighted by Crippen LogP contribution is -2.24. The Kier molecular flexibility index (Phi) is 6.42. The molecule has 4 rings (SSSR count). The summed E-state index contributed by atoms with van der Waals surface area (Å²) in [6.07, 6.45) is 0. The first kappa shape index (κ1) is 20.8. The Morgan fingerprint density at radius 3 is 2.68 bits per heavy atom. The molecule has 1 aliphatic rings. The minimum absolute atomic E-state index is 0.0944. The van der Waals surface area contributed by atoms with Gasteiger partial charge in [0, 0.05) is 12.1 Å². The van der Waals surface area contributed by atoms with E-state index in [1.54, 1.807) is 14.2 Å². The first-order valence-electron chi connectivity index (χ1n) is 9.50. The summed E-state index contributed by atoms with van der Waals surface area (Å²) < 4.78 is 21.3. The van der Waals surface area contributed by atoms with Crippen molar-refractivity contribution in [2.75, 3.05) is 26.8 Å². The van der Waals surface area contributed by atoms with E-state index in [4.69, 9.17) is 18.9 Å². The molecule has 0 radical (unpaired) electrons. The number of nitrogens with zero attached hydrogens (tertiary/aromatic N) is 2. The van der Waals surface area contributed by atoms with E-state index in [-0.39, 0.29) is 18.5 Å². The van der Waals surface area contributed by atoms with Crippen molar-refractivity contribution >= 4 is 17.7 Å². The number of carbonyl (C=O) groups excluding carboxylic acids is 1. The second kappa shape index (κ2) is 9.57. The molecule has 0 spiro atoms. The lowest BCUT2D eigenvalue weighted by Gasteiger charge is -2.10. The molecular formula is C22H21N3O5S. The molecule has 0 unspecified atom stereocenters. The van der Waals surface area contributed by atoms with Crippen molar-refractivity contribution in [2.45, 2.75) is 11.6 Å². The van der Waals surface area contributed by atoms with E-state index in [9.17, 15) is 4.79 Å². The molecule has 2 heterocycles. The van der Waals surface area contributed by atoms with Crippen LogP contribution in [0.1, 0.15) is 5.56 Å². The van der Waals surface area contributed by atoms with Crippen LogP contribution in [0.2, 0.25) is 0 Å². The number of thioether (sulfide) groups is 1. The SMILES string of the molecule is COc1ccc(OC)c(-c2ccc(SCC(=O)NCc3ccc4c(c3)OCO4)nn2)c1. The van der Waals surface area contributed by atoms with Crippen LogP contribution in [0, 0.1) is 0 Å². The molecule has 160 valence electrons. The Bertz CT molecular complexity index is 1080. The van der Waals surface area contributed by atoms with Crippen molar-refractivity contribution in [1.29, 1.82) is 0 Å². The third-order valence-electron chi connectivity index (χ3n) is 4.60. The third kappa shape index (κ3) is 5.00. The summed E-state index contributed by atoms with van der Waals surface area (Å²) in [6, 6.07) is 14.8. The van der Waals surface area contributed by atoms with Crippen LogP contribution in [-0.4, -0.2) is 42.9 Å². The molecule has 0 saturated heterocycles. The number of nitrogens with one attached hydrogen (secondary N) is 1. The van der Waals surface area contributed by atoms with Gasteiger partial charge in [0.15, 0.2) is 11.5 Å². The average Bonchev–Trinajstić information content (AvgIpc) is 3.29. The predicted octanol–water partition coefficient (Wildman–Crippen LogP) is 3.30. The minimum Gasteiger partial charge on any atom is -0.497 e. The molecule has 0 aliphatic carbocycles. The van der Waals surface area contributed by atoms with Gasteiger partial charge in [0.1, 0.15) is 16.5 Å². The molecule has 8 nitrogen and oxygen atoms in total. The van der Waals surface area contributed by atoms with Crippen molar-refractivity contribution in [3.05, 3.63) is 54.1 Å². The number of carbonyl (C=O) groups is 1. The van der Waals surface area contributed by atoms with E-state index in [2.05, 4.69) is 15.5 Å². The zero-order valence-corrected chi connectivity index (χ0v) is 17.9. The Balaban J connectivity index is 1.32. The van der Waals surface area contributed by atoms with Crippen LogP contribution in [0.25, 0.3) is 11.3 Å². The molecule has 0 bridgehead atoms. The number of hydrogen-bond acceptors (Lipinski definition) is 8. The van der Waals surface area contributed by atoms with E-state index < -0.39 is 0 Å². The summed E-state index contributed by atoms with van der Waals surface area (Å²) in [5.41, 5.74) is 2.39. The van der Waals surface area contributed by atoms with E-state index in [1.807, 2.05) is 48.5 Å². The molecule has 2 aromatic carbocycles. The minimum atomic E-state index is -0.0944. The van der Waals surface area contributed by atoms with Crippen molar-refractivity contribution in [1.82, 2.24) is 15.5 Å². The zero-order chi connectivity index (χ0) is 21.6. The second-order valence-corrected chi connectivity index (χ2v) is 7.57. The molecule has 1 aromatic heterocycles. The number of aromatic nitrogens is 2. The van der Waals surface area contributed by atoms with E-state index in [1.165, 1.54) is 11.8 Å². The highest BCUT2D eigenvalue weighted by Gasteiger charge is 2.14. The quantitative estimate of drug-likeness (QED) is 0.535. The fourth-order valence-corrected chi connectivity index (χ4v) is 3.64. The fourth-order valence-electron chi connectivity index (χ4n) is 3.00. The van der Waals surface area contributed by atoms with Gasteiger partial charge >= 0.3 is 0 Å². The predicted molar refractivity (Wildman–Crippen MR) is 116 cm³/mol.